The van der Waals surface area contributed by atoms with E-state index in [2.05, 4.69) is 0 Å². The molecule has 11 heteroatoms. The van der Waals surface area contributed by atoms with Crippen LogP contribution >= 0.6 is 0 Å². The van der Waals surface area contributed by atoms with Gasteiger partial charge in [-0.3, -0.25) is 29.8 Å². The molecule has 30 heavy (non-hydrogen) atoms. The van der Waals surface area contributed by atoms with Crippen LogP contribution in [-0.2, 0) is 22.4 Å². The second-order valence-electron chi connectivity index (χ2n) is 6.40. The summed E-state index contributed by atoms with van der Waals surface area (Å²) >= 11 is 0. The van der Waals surface area contributed by atoms with Crippen LogP contribution in [0.3, 0.4) is 0 Å². The molecule has 0 saturated heterocycles. The lowest BCUT2D eigenvalue weighted by Crippen LogP contribution is -2.27. The number of carbonyl (C=O) groups excluding carboxylic acids is 1. The van der Waals surface area contributed by atoms with E-state index in [0.717, 1.165) is 35.9 Å². The van der Waals surface area contributed by atoms with Gasteiger partial charge < -0.3 is 10.0 Å². The third-order valence-corrected chi connectivity index (χ3v) is 4.24. The van der Waals surface area contributed by atoms with Crippen LogP contribution in [0.4, 0.5) is 21.5 Å². The summed E-state index contributed by atoms with van der Waals surface area (Å²) in [5, 5.41) is 29.3. The van der Waals surface area contributed by atoms with E-state index in [4.69, 9.17) is 5.11 Å². The molecular weight excluding hydrogens is 401 g/mol. The quantitative estimate of drug-likeness (QED) is 0.559. The number of carboxylic acids is 1. The summed E-state index contributed by atoms with van der Waals surface area (Å²) in [4.78, 5) is 43.4. The SMILES string of the molecule is CCCN1C(=O)Cc2cc([N+](=O)[O-])ccc21.O=C(O)Cc1cc([N+](=O)[O-])ccc1F. The van der Waals surface area contributed by atoms with E-state index in [1.54, 1.807) is 11.0 Å². The normalized spacial score (nSPS) is 12.1. The van der Waals surface area contributed by atoms with Crippen molar-refractivity contribution in [3.8, 4) is 0 Å². The van der Waals surface area contributed by atoms with Crippen molar-refractivity contribution in [3.05, 3.63) is 73.6 Å². The minimum Gasteiger partial charge on any atom is -0.481 e. The molecular formula is C19H18FN3O7. The van der Waals surface area contributed by atoms with Gasteiger partial charge in [-0.1, -0.05) is 6.92 Å². The zero-order valence-corrected chi connectivity index (χ0v) is 15.9. The van der Waals surface area contributed by atoms with E-state index in [9.17, 15) is 34.2 Å². The molecule has 0 atom stereocenters. The number of carboxylic acid groups (broad SMARTS) is 1. The second-order valence-corrected chi connectivity index (χ2v) is 6.40. The first-order chi connectivity index (χ1) is 14.1. The molecule has 3 rings (SSSR count). The number of carbonyl (C=O) groups is 2. The number of nitro groups is 2. The van der Waals surface area contributed by atoms with Crippen LogP contribution in [0, 0.1) is 26.0 Å². The van der Waals surface area contributed by atoms with Gasteiger partial charge in [-0.25, -0.2) is 4.39 Å². The molecule has 1 amide bonds. The monoisotopic (exact) mass is 419 g/mol. The number of fused-ring (bicyclic) bond motifs is 1. The largest absolute Gasteiger partial charge is 0.481 e. The first-order valence-corrected chi connectivity index (χ1v) is 8.86. The van der Waals surface area contributed by atoms with Crippen LogP contribution in [-0.4, -0.2) is 33.4 Å². The molecule has 1 aliphatic heterocycles. The van der Waals surface area contributed by atoms with Crippen molar-refractivity contribution < 1.29 is 28.9 Å². The summed E-state index contributed by atoms with van der Waals surface area (Å²) in [5.41, 5.74) is 1.12. The number of anilines is 1. The fraction of sp³-hybridized carbons (Fsp3) is 0.263. The Morgan fingerprint density at radius 3 is 2.30 bits per heavy atom. The minimum absolute atomic E-state index is 0.0253. The van der Waals surface area contributed by atoms with Gasteiger partial charge in [-0.2, -0.15) is 0 Å². The number of nitrogens with zero attached hydrogens (tertiary/aromatic N) is 3. The van der Waals surface area contributed by atoms with E-state index in [-0.39, 0.29) is 29.3 Å². The highest BCUT2D eigenvalue weighted by Gasteiger charge is 2.27. The third kappa shape index (κ3) is 5.34. The molecule has 1 N–H and O–H groups in total. The average Bonchev–Trinajstić information content (AvgIpc) is 2.98. The number of non-ortho nitro benzene ring substituents is 2. The summed E-state index contributed by atoms with van der Waals surface area (Å²) in [6.07, 6.45) is 0.590. The highest BCUT2D eigenvalue weighted by Crippen LogP contribution is 2.31. The molecule has 0 saturated carbocycles. The van der Waals surface area contributed by atoms with Crippen LogP contribution in [0.5, 0.6) is 0 Å². The van der Waals surface area contributed by atoms with E-state index in [1.807, 2.05) is 6.92 Å². The van der Waals surface area contributed by atoms with Gasteiger partial charge in [0.15, 0.2) is 0 Å². The Labute approximate surface area is 169 Å². The number of hydrogen-bond acceptors (Lipinski definition) is 6. The first kappa shape index (κ1) is 22.4. The molecule has 0 unspecified atom stereocenters. The maximum absolute atomic E-state index is 12.9. The topological polar surface area (TPSA) is 144 Å². The predicted molar refractivity (Wildman–Crippen MR) is 104 cm³/mol. The molecule has 0 spiro atoms. The lowest BCUT2D eigenvalue weighted by molar-refractivity contribution is -0.385. The number of hydrogen-bond donors (Lipinski definition) is 1. The molecule has 0 aromatic heterocycles. The fourth-order valence-corrected chi connectivity index (χ4v) is 2.92. The van der Waals surface area contributed by atoms with Gasteiger partial charge >= 0.3 is 5.97 Å². The second kappa shape index (κ2) is 9.54. The molecule has 0 bridgehead atoms. The van der Waals surface area contributed by atoms with Crippen molar-refractivity contribution in [1.82, 2.24) is 0 Å². The van der Waals surface area contributed by atoms with Crippen molar-refractivity contribution in [3.63, 3.8) is 0 Å². The highest BCUT2D eigenvalue weighted by atomic mass is 19.1. The standard InChI is InChI=1S/C11H12N2O3.C8H6FNO4/c1-2-5-12-10-4-3-9(13(15)16)6-8(10)7-11(12)14;9-7-2-1-6(10(13)14)3-5(7)4-8(11)12/h3-4,6H,2,5,7H2,1H3;1-3H,4H2,(H,11,12). The summed E-state index contributed by atoms with van der Waals surface area (Å²) in [5.74, 6) is -1.96. The Morgan fingerprint density at radius 2 is 1.73 bits per heavy atom. The summed E-state index contributed by atoms with van der Waals surface area (Å²) in [6, 6.07) is 7.39. The predicted octanol–water partition coefficient (Wildman–Crippen LogP) is 3.25. The summed E-state index contributed by atoms with van der Waals surface area (Å²) in [6.45, 7) is 2.67. The van der Waals surface area contributed by atoms with Gasteiger partial charge in [0, 0.05) is 42.1 Å². The molecule has 2 aromatic carbocycles. The molecule has 0 fully saturated rings. The number of benzene rings is 2. The first-order valence-electron chi connectivity index (χ1n) is 8.86. The van der Waals surface area contributed by atoms with Crippen LogP contribution in [0.25, 0.3) is 0 Å². The van der Waals surface area contributed by atoms with Gasteiger partial charge in [-0.15, -0.1) is 0 Å². The molecule has 0 radical (unpaired) electrons. The smallest absolute Gasteiger partial charge is 0.307 e. The minimum atomic E-state index is -1.23. The van der Waals surface area contributed by atoms with Crippen molar-refractivity contribution in [2.75, 3.05) is 11.4 Å². The molecule has 1 heterocycles. The van der Waals surface area contributed by atoms with Crippen molar-refractivity contribution in [2.24, 2.45) is 0 Å². The van der Waals surface area contributed by atoms with Crippen LogP contribution < -0.4 is 4.90 Å². The van der Waals surface area contributed by atoms with E-state index >= 15 is 0 Å². The number of amides is 1. The number of halogens is 1. The van der Waals surface area contributed by atoms with Gasteiger partial charge in [-0.05, 0) is 24.1 Å². The highest BCUT2D eigenvalue weighted by molar-refractivity contribution is 6.01. The fourth-order valence-electron chi connectivity index (χ4n) is 2.92. The summed E-state index contributed by atoms with van der Waals surface area (Å²) < 4.78 is 12.9. The molecule has 1 aliphatic rings. The molecule has 10 nitrogen and oxygen atoms in total. The Balaban J connectivity index is 0.000000216. The van der Waals surface area contributed by atoms with Crippen LogP contribution in [0.2, 0.25) is 0 Å². The average molecular weight is 419 g/mol. The third-order valence-electron chi connectivity index (χ3n) is 4.24. The lowest BCUT2D eigenvalue weighted by Gasteiger charge is -2.15. The van der Waals surface area contributed by atoms with E-state index in [0.29, 0.717) is 6.54 Å². The zero-order valence-electron chi connectivity index (χ0n) is 15.9. The Hall–Kier alpha value is -3.89. The zero-order chi connectivity index (χ0) is 22.4. The Kier molecular flexibility index (Phi) is 7.13. The number of aliphatic carboxylic acids is 1. The van der Waals surface area contributed by atoms with Crippen LogP contribution in [0.1, 0.15) is 24.5 Å². The molecule has 0 aliphatic carbocycles. The maximum atomic E-state index is 12.9. The maximum Gasteiger partial charge on any atom is 0.307 e. The van der Waals surface area contributed by atoms with Gasteiger partial charge in [0.2, 0.25) is 5.91 Å². The number of rotatable bonds is 6. The van der Waals surface area contributed by atoms with Crippen LogP contribution in [0.15, 0.2) is 36.4 Å². The van der Waals surface area contributed by atoms with Crippen molar-refractivity contribution >= 4 is 28.9 Å². The molecule has 2 aromatic rings. The Bertz CT molecular complexity index is 1010. The summed E-state index contributed by atoms with van der Waals surface area (Å²) in [7, 11) is 0. The Morgan fingerprint density at radius 1 is 1.13 bits per heavy atom. The van der Waals surface area contributed by atoms with Gasteiger partial charge in [0.05, 0.1) is 22.7 Å². The van der Waals surface area contributed by atoms with E-state index < -0.39 is 28.1 Å². The van der Waals surface area contributed by atoms with Crippen molar-refractivity contribution in [2.45, 2.75) is 26.2 Å². The van der Waals surface area contributed by atoms with Gasteiger partial charge in [0.25, 0.3) is 11.4 Å². The van der Waals surface area contributed by atoms with E-state index in [1.165, 1.54) is 12.1 Å². The van der Waals surface area contributed by atoms with Gasteiger partial charge in [0.1, 0.15) is 5.82 Å². The lowest BCUT2D eigenvalue weighted by atomic mass is 10.1. The number of nitro benzene ring substituents is 2. The van der Waals surface area contributed by atoms with Crippen molar-refractivity contribution in [1.29, 1.82) is 0 Å². The molecule has 158 valence electrons.